The summed E-state index contributed by atoms with van der Waals surface area (Å²) in [6.45, 7) is 7.67. The average molecular weight is 303 g/mol. The van der Waals surface area contributed by atoms with Gasteiger partial charge in [0, 0.05) is 43.4 Å². The van der Waals surface area contributed by atoms with Crippen LogP contribution in [-0.4, -0.2) is 34.8 Å². The third-order valence-corrected chi connectivity index (χ3v) is 4.01. The van der Waals surface area contributed by atoms with Crippen molar-refractivity contribution in [3.8, 4) is 0 Å². The maximum atomic E-state index is 12.2. The molecule has 22 heavy (non-hydrogen) atoms. The summed E-state index contributed by atoms with van der Waals surface area (Å²) >= 11 is 0. The van der Waals surface area contributed by atoms with Crippen LogP contribution in [0, 0.1) is 11.3 Å². The van der Waals surface area contributed by atoms with Crippen LogP contribution in [0.1, 0.15) is 39.2 Å². The molecule has 1 aromatic heterocycles. The largest absolute Gasteiger partial charge is 0.352 e. The van der Waals surface area contributed by atoms with Crippen LogP contribution in [0.5, 0.6) is 0 Å². The number of aromatic nitrogens is 1. The van der Waals surface area contributed by atoms with E-state index in [1.165, 1.54) is 0 Å². The molecular formula is C17H25N3O2. The number of hydrogen-bond donors (Lipinski definition) is 1. The molecule has 1 saturated heterocycles. The first kappa shape index (κ1) is 16.5. The standard InChI is InChI=1S/C17H25N3O2/c1-17(2,3)16(22)20-10-6-14(7-11-20)15(21)19-12-13-4-8-18-9-5-13/h4-5,8-9,14H,6-7,10-12H2,1-3H3,(H,19,21). The average Bonchev–Trinajstić information content (AvgIpc) is 2.52. The van der Waals surface area contributed by atoms with Gasteiger partial charge in [-0.1, -0.05) is 20.8 Å². The van der Waals surface area contributed by atoms with Gasteiger partial charge in [-0.25, -0.2) is 0 Å². The maximum absolute atomic E-state index is 12.2. The fraction of sp³-hybridized carbons (Fsp3) is 0.588. The van der Waals surface area contributed by atoms with Crippen LogP contribution >= 0.6 is 0 Å². The van der Waals surface area contributed by atoms with Crippen molar-refractivity contribution in [1.82, 2.24) is 15.2 Å². The molecule has 0 radical (unpaired) electrons. The van der Waals surface area contributed by atoms with Crippen molar-refractivity contribution in [2.45, 2.75) is 40.2 Å². The topological polar surface area (TPSA) is 62.3 Å². The molecule has 1 fully saturated rings. The highest BCUT2D eigenvalue weighted by molar-refractivity contribution is 5.82. The van der Waals surface area contributed by atoms with Gasteiger partial charge in [-0.05, 0) is 30.5 Å². The predicted molar refractivity (Wildman–Crippen MR) is 84.8 cm³/mol. The van der Waals surface area contributed by atoms with E-state index in [-0.39, 0.29) is 23.1 Å². The molecule has 0 unspecified atom stereocenters. The Hall–Kier alpha value is -1.91. The van der Waals surface area contributed by atoms with Gasteiger partial charge in [0.05, 0.1) is 0 Å². The first-order valence-electron chi connectivity index (χ1n) is 7.84. The van der Waals surface area contributed by atoms with Gasteiger partial charge in [-0.2, -0.15) is 0 Å². The number of nitrogens with one attached hydrogen (secondary N) is 1. The molecule has 5 heteroatoms. The number of amides is 2. The van der Waals surface area contributed by atoms with Gasteiger partial charge in [-0.15, -0.1) is 0 Å². The van der Waals surface area contributed by atoms with Crippen molar-refractivity contribution in [2.24, 2.45) is 11.3 Å². The zero-order chi connectivity index (χ0) is 16.2. The summed E-state index contributed by atoms with van der Waals surface area (Å²) < 4.78 is 0. The fourth-order valence-corrected chi connectivity index (χ4v) is 2.65. The molecule has 0 spiro atoms. The number of carbonyl (C=O) groups excluding carboxylic acids is 2. The lowest BCUT2D eigenvalue weighted by atomic mass is 9.90. The molecular weight excluding hydrogens is 278 g/mol. The van der Waals surface area contributed by atoms with E-state index < -0.39 is 0 Å². The van der Waals surface area contributed by atoms with Crippen LogP contribution < -0.4 is 5.32 Å². The number of carbonyl (C=O) groups is 2. The summed E-state index contributed by atoms with van der Waals surface area (Å²) in [5, 5.41) is 2.97. The van der Waals surface area contributed by atoms with Gasteiger partial charge >= 0.3 is 0 Å². The molecule has 0 saturated carbocycles. The van der Waals surface area contributed by atoms with E-state index in [1.807, 2.05) is 37.8 Å². The number of piperidine rings is 1. The van der Waals surface area contributed by atoms with Crippen molar-refractivity contribution in [1.29, 1.82) is 0 Å². The van der Waals surface area contributed by atoms with Crippen LogP contribution in [0.4, 0.5) is 0 Å². The summed E-state index contributed by atoms with van der Waals surface area (Å²) in [6.07, 6.45) is 4.92. The van der Waals surface area contributed by atoms with Gasteiger partial charge < -0.3 is 10.2 Å². The molecule has 1 aliphatic heterocycles. The lowest BCUT2D eigenvalue weighted by Gasteiger charge is -2.35. The van der Waals surface area contributed by atoms with Crippen LogP contribution in [-0.2, 0) is 16.1 Å². The highest BCUT2D eigenvalue weighted by atomic mass is 16.2. The molecule has 1 aromatic rings. The van der Waals surface area contributed by atoms with Gasteiger partial charge in [0.15, 0.2) is 0 Å². The molecule has 2 heterocycles. The van der Waals surface area contributed by atoms with E-state index in [0.29, 0.717) is 19.6 Å². The van der Waals surface area contributed by atoms with Gasteiger partial charge in [0.25, 0.3) is 0 Å². The number of pyridine rings is 1. The minimum Gasteiger partial charge on any atom is -0.352 e. The van der Waals surface area contributed by atoms with E-state index in [0.717, 1.165) is 18.4 Å². The highest BCUT2D eigenvalue weighted by Crippen LogP contribution is 2.23. The number of hydrogen-bond acceptors (Lipinski definition) is 3. The molecule has 0 bridgehead atoms. The molecule has 2 rings (SSSR count). The zero-order valence-electron chi connectivity index (χ0n) is 13.6. The monoisotopic (exact) mass is 303 g/mol. The minimum atomic E-state index is -0.351. The molecule has 5 nitrogen and oxygen atoms in total. The van der Waals surface area contributed by atoms with E-state index in [9.17, 15) is 9.59 Å². The Bertz CT molecular complexity index is 514. The third kappa shape index (κ3) is 4.29. The summed E-state index contributed by atoms with van der Waals surface area (Å²) in [5.41, 5.74) is 0.694. The lowest BCUT2D eigenvalue weighted by Crippen LogP contribution is -2.46. The Morgan fingerprint density at radius 2 is 1.82 bits per heavy atom. The van der Waals surface area contributed by atoms with Crippen LogP contribution in [0.2, 0.25) is 0 Å². The molecule has 0 aromatic carbocycles. The second kappa shape index (κ2) is 6.90. The molecule has 1 aliphatic rings. The second-order valence-electron chi connectivity index (χ2n) is 6.89. The Morgan fingerprint density at radius 1 is 1.23 bits per heavy atom. The third-order valence-electron chi connectivity index (χ3n) is 4.01. The summed E-state index contributed by atoms with van der Waals surface area (Å²) in [7, 11) is 0. The first-order chi connectivity index (χ1) is 10.4. The van der Waals surface area contributed by atoms with Crippen LogP contribution in [0.15, 0.2) is 24.5 Å². The van der Waals surface area contributed by atoms with E-state index >= 15 is 0 Å². The fourth-order valence-electron chi connectivity index (χ4n) is 2.65. The second-order valence-corrected chi connectivity index (χ2v) is 6.89. The normalized spacial score (nSPS) is 16.4. The van der Waals surface area contributed by atoms with Gasteiger partial charge in [0.2, 0.25) is 11.8 Å². The molecule has 2 amide bonds. The minimum absolute atomic E-state index is 0.00542. The Balaban J connectivity index is 1.79. The van der Waals surface area contributed by atoms with E-state index in [4.69, 9.17) is 0 Å². The zero-order valence-corrected chi connectivity index (χ0v) is 13.6. The number of nitrogens with zero attached hydrogens (tertiary/aromatic N) is 2. The van der Waals surface area contributed by atoms with Crippen molar-refractivity contribution in [3.63, 3.8) is 0 Å². The molecule has 0 aliphatic carbocycles. The first-order valence-corrected chi connectivity index (χ1v) is 7.84. The summed E-state index contributed by atoms with van der Waals surface area (Å²) in [6, 6.07) is 3.79. The Labute approximate surface area is 132 Å². The molecule has 1 N–H and O–H groups in total. The van der Waals surface area contributed by atoms with Gasteiger partial charge in [-0.3, -0.25) is 14.6 Å². The Kier molecular flexibility index (Phi) is 5.16. The maximum Gasteiger partial charge on any atom is 0.227 e. The Morgan fingerprint density at radius 3 is 2.36 bits per heavy atom. The smallest absolute Gasteiger partial charge is 0.227 e. The van der Waals surface area contributed by atoms with E-state index in [2.05, 4.69) is 10.3 Å². The van der Waals surface area contributed by atoms with Crippen molar-refractivity contribution >= 4 is 11.8 Å². The molecule has 0 atom stereocenters. The predicted octanol–water partition coefficient (Wildman–Crippen LogP) is 1.98. The van der Waals surface area contributed by atoms with Crippen molar-refractivity contribution in [3.05, 3.63) is 30.1 Å². The van der Waals surface area contributed by atoms with E-state index in [1.54, 1.807) is 12.4 Å². The highest BCUT2D eigenvalue weighted by Gasteiger charge is 2.32. The van der Waals surface area contributed by atoms with Crippen molar-refractivity contribution < 1.29 is 9.59 Å². The summed E-state index contributed by atoms with van der Waals surface area (Å²) in [5.74, 6) is 0.258. The van der Waals surface area contributed by atoms with Crippen molar-refractivity contribution in [2.75, 3.05) is 13.1 Å². The quantitative estimate of drug-likeness (QED) is 0.929. The lowest BCUT2D eigenvalue weighted by molar-refractivity contribution is -0.142. The SMILES string of the molecule is CC(C)(C)C(=O)N1CCC(C(=O)NCc2ccncc2)CC1. The number of rotatable bonds is 3. The molecule has 120 valence electrons. The van der Waals surface area contributed by atoms with Gasteiger partial charge in [0.1, 0.15) is 0 Å². The number of likely N-dealkylation sites (tertiary alicyclic amines) is 1. The summed E-state index contributed by atoms with van der Waals surface area (Å²) in [4.78, 5) is 30.3. The van der Waals surface area contributed by atoms with Crippen LogP contribution in [0.25, 0.3) is 0 Å². The van der Waals surface area contributed by atoms with Crippen LogP contribution in [0.3, 0.4) is 0 Å².